The summed E-state index contributed by atoms with van der Waals surface area (Å²) in [7, 11) is 0. The molecule has 1 amide bonds. The maximum absolute atomic E-state index is 12.5. The Morgan fingerprint density at radius 2 is 1.79 bits per heavy atom. The Hall–Kier alpha value is -1.73. The first kappa shape index (κ1) is 18.3. The van der Waals surface area contributed by atoms with E-state index in [-0.39, 0.29) is 0 Å². The van der Waals surface area contributed by atoms with Crippen LogP contribution in [0.4, 0.5) is 5.82 Å². The van der Waals surface area contributed by atoms with Crippen molar-refractivity contribution in [3.05, 3.63) is 16.8 Å². The van der Waals surface area contributed by atoms with Crippen LogP contribution >= 0.6 is 11.3 Å². The minimum absolute atomic E-state index is 0.308. The molecule has 2 aromatic heterocycles. The van der Waals surface area contributed by atoms with Crippen molar-refractivity contribution in [2.45, 2.75) is 44.9 Å². The summed E-state index contributed by atoms with van der Waals surface area (Å²) in [5.41, 5.74) is 1.51. The molecular formula is C21H29N5OS. The van der Waals surface area contributed by atoms with Crippen LogP contribution in [0, 0.1) is 0 Å². The van der Waals surface area contributed by atoms with Gasteiger partial charge in [0.1, 0.15) is 17.0 Å². The maximum Gasteiger partial charge on any atom is 0.236 e. The quantitative estimate of drug-likeness (QED) is 0.794. The minimum Gasteiger partial charge on any atom is -0.355 e. The van der Waals surface area contributed by atoms with Crippen LogP contribution in [0.2, 0.25) is 0 Å². The number of aryl methyl sites for hydroxylation is 2. The summed E-state index contributed by atoms with van der Waals surface area (Å²) in [6, 6.07) is 0. The second-order valence-corrected chi connectivity index (χ2v) is 9.38. The van der Waals surface area contributed by atoms with E-state index in [2.05, 4.69) is 14.8 Å². The van der Waals surface area contributed by atoms with Gasteiger partial charge in [0.15, 0.2) is 0 Å². The molecule has 0 atom stereocenters. The van der Waals surface area contributed by atoms with Crippen molar-refractivity contribution in [3.63, 3.8) is 0 Å². The van der Waals surface area contributed by atoms with E-state index >= 15 is 0 Å². The molecule has 4 heterocycles. The molecule has 7 heteroatoms. The molecular weight excluding hydrogens is 370 g/mol. The topological polar surface area (TPSA) is 52.6 Å². The van der Waals surface area contributed by atoms with E-state index in [9.17, 15) is 4.79 Å². The largest absolute Gasteiger partial charge is 0.355 e. The molecule has 0 bridgehead atoms. The molecule has 2 fully saturated rings. The number of carbonyl (C=O) groups excluding carboxylic acids is 1. The van der Waals surface area contributed by atoms with Crippen molar-refractivity contribution in [2.75, 3.05) is 50.7 Å². The molecule has 6 nitrogen and oxygen atoms in total. The molecule has 0 spiro atoms. The van der Waals surface area contributed by atoms with Gasteiger partial charge in [-0.2, -0.15) is 0 Å². The minimum atomic E-state index is 0.308. The first-order chi connectivity index (χ1) is 13.8. The van der Waals surface area contributed by atoms with Crippen LogP contribution in [0.3, 0.4) is 0 Å². The normalized spacial score (nSPS) is 21.1. The first-order valence-electron chi connectivity index (χ1n) is 10.8. The Morgan fingerprint density at radius 1 is 0.929 bits per heavy atom. The molecule has 5 rings (SSSR count). The van der Waals surface area contributed by atoms with E-state index in [1.807, 2.05) is 16.2 Å². The Morgan fingerprint density at radius 3 is 2.68 bits per heavy atom. The van der Waals surface area contributed by atoms with Gasteiger partial charge in [0.25, 0.3) is 0 Å². The third-order valence-corrected chi connectivity index (χ3v) is 7.64. The van der Waals surface area contributed by atoms with E-state index in [1.165, 1.54) is 41.5 Å². The van der Waals surface area contributed by atoms with E-state index in [1.54, 1.807) is 6.33 Å². The molecule has 2 aromatic rings. The predicted octanol–water partition coefficient (Wildman–Crippen LogP) is 2.70. The third kappa shape index (κ3) is 3.50. The van der Waals surface area contributed by atoms with Gasteiger partial charge in [-0.05, 0) is 50.5 Å². The summed E-state index contributed by atoms with van der Waals surface area (Å²) in [4.78, 5) is 31.3. The van der Waals surface area contributed by atoms with Gasteiger partial charge in [-0.1, -0.05) is 0 Å². The molecule has 150 valence electrons. The molecule has 1 aliphatic carbocycles. The highest BCUT2D eigenvalue weighted by atomic mass is 32.1. The smallest absolute Gasteiger partial charge is 0.236 e. The zero-order valence-corrected chi connectivity index (χ0v) is 17.3. The van der Waals surface area contributed by atoms with E-state index in [4.69, 9.17) is 4.98 Å². The summed E-state index contributed by atoms with van der Waals surface area (Å²) >= 11 is 1.87. The average molecular weight is 400 g/mol. The van der Waals surface area contributed by atoms with Crippen LogP contribution in [0.15, 0.2) is 6.33 Å². The van der Waals surface area contributed by atoms with Gasteiger partial charge in [0.2, 0.25) is 5.91 Å². The summed E-state index contributed by atoms with van der Waals surface area (Å²) in [5, 5.41) is 1.31. The van der Waals surface area contributed by atoms with Gasteiger partial charge >= 0.3 is 0 Å². The van der Waals surface area contributed by atoms with Crippen molar-refractivity contribution in [3.8, 4) is 0 Å². The lowest BCUT2D eigenvalue weighted by Gasteiger charge is -2.25. The van der Waals surface area contributed by atoms with Gasteiger partial charge in [0.05, 0.1) is 11.9 Å². The molecule has 0 N–H and O–H groups in total. The van der Waals surface area contributed by atoms with Crippen LogP contribution in [-0.4, -0.2) is 71.5 Å². The number of likely N-dealkylation sites (tertiary alicyclic amines) is 1. The molecule has 0 radical (unpaired) electrons. The SMILES string of the molecule is O=C(CN1CCCN(c2ncnc3sc4c(c23)CCCC4)CC1)N1CCCC1. The highest BCUT2D eigenvalue weighted by Crippen LogP contribution is 2.39. The standard InChI is InChI=1S/C21H29N5OS/c27-18(25-9-3-4-10-25)14-24-8-5-11-26(13-12-24)20-19-16-6-1-2-7-17(16)28-21(19)23-15-22-20/h15H,1-14H2. The number of hydrogen-bond donors (Lipinski definition) is 0. The number of fused-ring (bicyclic) bond motifs is 3. The number of anilines is 1. The maximum atomic E-state index is 12.5. The van der Waals surface area contributed by atoms with Crippen LogP contribution in [-0.2, 0) is 17.6 Å². The number of amides is 1. The van der Waals surface area contributed by atoms with E-state index in [0.29, 0.717) is 12.5 Å². The molecule has 0 aromatic carbocycles. The average Bonchev–Trinajstić information content (AvgIpc) is 3.32. The monoisotopic (exact) mass is 399 g/mol. The zero-order valence-electron chi connectivity index (χ0n) is 16.5. The lowest BCUT2D eigenvalue weighted by Crippen LogP contribution is -2.40. The van der Waals surface area contributed by atoms with Crippen molar-refractivity contribution >= 4 is 33.3 Å². The van der Waals surface area contributed by atoms with Crippen molar-refractivity contribution < 1.29 is 4.79 Å². The Bertz CT molecular complexity index is 860. The van der Waals surface area contributed by atoms with Gasteiger partial charge in [-0.3, -0.25) is 9.69 Å². The van der Waals surface area contributed by atoms with E-state index < -0.39 is 0 Å². The Kier molecular flexibility index (Phi) is 5.20. The third-order valence-electron chi connectivity index (χ3n) is 6.44. The molecule has 28 heavy (non-hydrogen) atoms. The van der Waals surface area contributed by atoms with E-state index in [0.717, 1.165) is 69.2 Å². The summed E-state index contributed by atoms with van der Waals surface area (Å²) < 4.78 is 0. The second-order valence-electron chi connectivity index (χ2n) is 8.29. The molecule has 0 unspecified atom stereocenters. The van der Waals surface area contributed by atoms with Gasteiger partial charge in [-0.15, -0.1) is 11.3 Å². The number of rotatable bonds is 3. The Labute approximate surface area is 170 Å². The number of carbonyl (C=O) groups is 1. The van der Waals surface area contributed by atoms with Crippen LogP contribution < -0.4 is 4.90 Å². The predicted molar refractivity (Wildman–Crippen MR) is 113 cm³/mol. The van der Waals surface area contributed by atoms with Crippen molar-refractivity contribution in [2.24, 2.45) is 0 Å². The van der Waals surface area contributed by atoms with Gasteiger partial charge in [-0.25, -0.2) is 9.97 Å². The molecule has 2 aliphatic heterocycles. The lowest BCUT2D eigenvalue weighted by molar-refractivity contribution is -0.131. The number of nitrogens with zero attached hydrogens (tertiary/aromatic N) is 5. The van der Waals surface area contributed by atoms with Crippen molar-refractivity contribution in [1.82, 2.24) is 19.8 Å². The van der Waals surface area contributed by atoms with Gasteiger partial charge in [0, 0.05) is 44.1 Å². The number of aromatic nitrogens is 2. The number of thiophene rings is 1. The van der Waals surface area contributed by atoms with Crippen LogP contribution in [0.5, 0.6) is 0 Å². The summed E-state index contributed by atoms with van der Waals surface area (Å²) in [6.45, 7) is 6.32. The fourth-order valence-corrected chi connectivity index (χ4v) is 6.14. The molecule has 0 saturated carbocycles. The highest BCUT2D eigenvalue weighted by Gasteiger charge is 2.25. The molecule has 2 saturated heterocycles. The zero-order chi connectivity index (χ0) is 18.9. The van der Waals surface area contributed by atoms with Crippen LogP contribution in [0.25, 0.3) is 10.2 Å². The highest BCUT2D eigenvalue weighted by molar-refractivity contribution is 7.19. The summed E-state index contributed by atoms with van der Waals surface area (Å²) in [6.07, 6.45) is 10.1. The fraction of sp³-hybridized carbons (Fsp3) is 0.667. The van der Waals surface area contributed by atoms with Crippen molar-refractivity contribution in [1.29, 1.82) is 0 Å². The lowest BCUT2D eigenvalue weighted by atomic mass is 9.97. The second kappa shape index (κ2) is 7.95. The Balaban J connectivity index is 1.32. The summed E-state index contributed by atoms with van der Waals surface area (Å²) in [5.74, 6) is 1.43. The fourth-order valence-electron chi connectivity index (χ4n) is 4.91. The number of hydrogen-bond acceptors (Lipinski definition) is 6. The van der Waals surface area contributed by atoms with Gasteiger partial charge < -0.3 is 9.80 Å². The molecule has 3 aliphatic rings. The first-order valence-corrected chi connectivity index (χ1v) is 11.6. The van der Waals surface area contributed by atoms with Crippen LogP contribution in [0.1, 0.15) is 42.5 Å².